The van der Waals surface area contributed by atoms with Crippen LogP contribution in [0.3, 0.4) is 0 Å². The molecule has 6 aromatic rings. The number of hydrogen-bond donors (Lipinski definition) is 0. The molecule has 0 radical (unpaired) electrons. The van der Waals surface area contributed by atoms with Gasteiger partial charge in [0, 0.05) is 6.42 Å². The molecule has 52 heavy (non-hydrogen) atoms. The van der Waals surface area contributed by atoms with Crippen LogP contribution in [-0.2, 0) is 20.6 Å². The van der Waals surface area contributed by atoms with Crippen LogP contribution in [0, 0.1) is 17.1 Å². The second-order valence-corrected chi connectivity index (χ2v) is 12.2. The van der Waals surface area contributed by atoms with Gasteiger partial charge in [-0.25, -0.2) is 14.0 Å². The van der Waals surface area contributed by atoms with Gasteiger partial charge in [0.1, 0.15) is 29.2 Å². The minimum atomic E-state index is -0.457. The van der Waals surface area contributed by atoms with E-state index in [2.05, 4.69) is 6.07 Å². The summed E-state index contributed by atoms with van der Waals surface area (Å²) in [4.78, 5) is 24.6. The van der Waals surface area contributed by atoms with E-state index in [0.29, 0.717) is 46.6 Å². The normalized spacial score (nSPS) is 15.5. The molecule has 2 atom stereocenters. The molecule has 9 nitrogen and oxygen atoms in total. The van der Waals surface area contributed by atoms with Crippen molar-refractivity contribution in [3.8, 4) is 23.3 Å². The monoisotopic (exact) mass is 697 g/mol. The fourth-order valence-electron chi connectivity index (χ4n) is 5.31. The zero-order valence-corrected chi connectivity index (χ0v) is 27.8. The first-order valence-electron chi connectivity index (χ1n) is 16.6. The van der Waals surface area contributed by atoms with Crippen LogP contribution in [0.4, 0.5) is 4.39 Å². The number of esters is 2. The van der Waals surface area contributed by atoms with Crippen LogP contribution in [0.15, 0.2) is 121 Å². The van der Waals surface area contributed by atoms with Crippen molar-refractivity contribution in [3.05, 3.63) is 149 Å². The van der Waals surface area contributed by atoms with Crippen molar-refractivity contribution < 1.29 is 42.4 Å². The molecule has 0 spiro atoms. The number of benzene rings is 6. The quantitative estimate of drug-likeness (QED) is 0.0439. The Kier molecular flexibility index (Phi) is 10.5. The van der Waals surface area contributed by atoms with Crippen molar-refractivity contribution in [2.75, 3.05) is 26.6 Å². The van der Waals surface area contributed by atoms with Gasteiger partial charge in [0.15, 0.2) is 6.79 Å². The number of fused-ring (bicyclic) bond motifs is 2. The van der Waals surface area contributed by atoms with E-state index in [0.717, 1.165) is 46.7 Å². The van der Waals surface area contributed by atoms with E-state index in [4.69, 9.17) is 33.7 Å². The summed E-state index contributed by atoms with van der Waals surface area (Å²) in [6, 6.07) is 36.4. The molecule has 2 aliphatic heterocycles. The molecule has 2 fully saturated rings. The van der Waals surface area contributed by atoms with E-state index >= 15 is 0 Å². The summed E-state index contributed by atoms with van der Waals surface area (Å²) in [5.41, 5.74) is 2.64. The number of ether oxygens (including phenoxy) is 6. The molecule has 0 aromatic heterocycles. The van der Waals surface area contributed by atoms with Crippen molar-refractivity contribution in [3.63, 3.8) is 0 Å². The molecule has 0 saturated carbocycles. The van der Waals surface area contributed by atoms with Gasteiger partial charge in [-0.15, -0.1) is 0 Å². The van der Waals surface area contributed by atoms with Crippen molar-refractivity contribution in [1.82, 2.24) is 0 Å². The summed E-state index contributed by atoms with van der Waals surface area (Å²) in [5.74, 6) is 0.330. The first-order valence-corrected chi connectivity index (χ1v) is 16.6. The van der Waals surface area contributed by atoms with E-state index in [1.165, 1.54) is 12.1 Å². The van der Waals surface area contributed by atoms with Crippen LogP contribution >= 0.6 is 0 Å². The molecule has 0 N–H and O–H groups in total. The minimum absolute atomic E-state index is 0.133. The van der Waals surface area contributed by atoms with Crippen LogP contribution in [0.2, 0.25) is 0 Å². The molecular formula is C42H32FNO8. The predicted molar refractivity (Wildman–Crippen MR) is 190 cm³/mol. The lowest BCUT2D eigenvalue weighted by Crippen LogP contribution is -2.09. The highest BCUT2D eigenvalue weighted by Crippen LogP contribution is 2.25. The van der Waals surface area contributed by atoms with Gasteiger partial charge in [0.25, 0.3) is 0 Å². The van der Waals surface area contributed by atoms with E-state index < -0.39 is 11.9 Å². The van der Waals surface area contributed by atoms with Gasteiger partial charge in [0.05, 0.1) is 48.7 Å². The van der Waals surface area contributed by atoms with E-state index in [-0.39, 0.29) is 18.7 Å². The number of halogens is 1. The number of nitriles is 1. The molecule has 2 saturated heterocycles. The fourth-order valence-corrected chi connectivity index (χ4v) is 5.31. The highest BCUT2D eigenvalue weighted by molar-refractivity contribution is 5.93. The third-order valence-corrected chi connectivity index (χ3v) is 8.30. The second-order valence-electron chi connectivity index (χ2n) is 12.2. The van der Waals surface area contributed by atoms with Crippen LogP contribution < -0.4 is 14.2 Å². The molecule has 2 unspecified atom stereocenters. The van der Waals surface area contributed by atoms with Crippen LogP contribution in [0.25, 0.3) is 21.5 Å². The summed E-state index contributed by atoms with van der Waals surface area (Å²) in [6.07, 6.45) is 1.39. The van der Waals surface area contributed by atoms with Gasteiger partial charge in [-0.05, 0) is 112 Å². The third-order valence-electron chi connectivity index (χ3n) is 8.30. The number of nitrogens with zero attached hydrogens (tertiary/aromatic N) is 1. The van der Waals surface area contributed by atoms with Gasteiger partial charge in [-0.3, -0.25) is 0 Å². The molecule has 2 aliphatic rings. The van der Waals surface area contributed by atoms with Gasteiger partial charge in [-0.1, -0.05) is 36.4 Å². The number of rotatable bonds is 11. The summed E-state index contributed by atoms with van der Waals surface area (Å²) >= 11 is 0. The van der Waals surface area contributed by atoms with Crippen molar-refractivity contribution in [2.45, 2.75) is 18.6 Å². The zero-order chi connectivity index (χ0) is 35.9. The van der Waals surface area contributed by atoms with Crippen LogP contribution in [0.1, 0.15) is 31.8 Å². The summed E-state index contributed by atoms with van der Waals surface area (Å²) < 4.78 is 45.1. The zero-order valence-electron chi connectivity index (χ0n) is 27.8. The second kappa shape index (κ2) is 15.8. The Hall–Kier alpha value is -6.12. The topological polar surface area (TPSA) is 120 Å². The number of epoxide rings is 2. The van der Waals surface area contributed by atoms with Crippen molar-refractivity contribution in [2.24, 2.45) is 0 Å². The highest BCUT2D eigenvalue weighted by Gasteiger charge is 2.23. The van der Waals surface area contributed by atoms with E-state index in [1.807, 2.05) is 24.3 Å². The maximum atomic E-state index is 13.2. The molecule has 260 valence electrons. The molecule has 10 heteroatoms. The standard InChI is InChI=1S/C22H17NO5.C20H15FO3/c23-11-15-1-2-18-10-20(8-5-17(18)9-15)28-22(24)16-3-6-19(7-4-16)27-14-25-12-21-13-26-21;21-17-7-5-16-11-18(8-6-15(16)10-17)24-20(22)14-3-1-13(2-4-14)9-19-12-23-19/h1-10,21H,12-14H2;1-8,10-11,19H,9,12H2. The Morgan fingerprint density at radius 3 is 1.77 bits per heavy atom. The summed E-state index contributed by atoms with van der Waals surface area (Å²) in [7, 11) is 0. The molecular weight excluding hydrogens is 665 g/mol. The molecule has 2 heterocycles. The Bertz CT molecular complexity index is 2260. The summed E-state index contributed by atoms with van der Waals surface area (Å²) in [5, 5.41) is 12.4. The Balaban J connectivity index is 0.000000164. The maximum Gasteiger partial charge on any atom is 0.343 e. The van der Waals surface area contributed by atoms with E-state index in [1.54, 1.807) is 84.9 Å². The lowest BCUT2D eigenvalue weighted by atomic mass is 10.1. The Labute approximate surface area is 298 Å². The minimum Gasteiger partial charge on any atom is -0.468 e. The largest absolute Gasteiger partial charge is 0.468 e. The van der Waals surface area contributed by atoms with Gasteiger partial charge < -0.3 is 28.4 Å². The van der Waals surface area contributed by atoms with Gasteiger partial charge in [0.2, 0.25) is 0 Å². The maximum absolute atomic E-state index is 13.2. The number of carbonyl (C=O) groups excluding carboxylic acids is 2. The average Bonchev–Trinajstić information content (AvgIpc) is 4.12. The molecule has 6 aromatic carbocycles. The highest BCUT2D eigenvalue weighted by atomic mass is 19.1. The SMILES string of the molecule is N#Cc1ccc2cc(OC(=O)c3ccc(OCOCC4CO4)cc3)ccc2c1.O=C(Oc1ccc2cc(F)ccc2c1)c1ccc(CC2CO2)cc1. The van der Waals surface area contributed by atoms with Crippen molar-refractivity contribution >= 4 is 33.5 Å². The Morgan fingerprint density at radius 1 is 0.654 bits per heavy atom. The number of carbonyl (C=O) groups is 2. The van der Waals surface area contributed by atoms with Crippen LogP contribution in [-0.4, -0.2) is 50.8 Å². The Morgan fingerprint density at radius 2 is 1.17 bits per heavy atom. The van der Waals surface area contributed by atoms with Gasteiger partial charge >= 0.3 is 11.9 Å². The summed E-state index contributed by atoms with van der Waals surface area (Å²) in [6.45, 7) is 2.22. The third kappa shape index (κ3) is 9.35. The molecule has 0 aliphatic carbocycles. The van der Waals surface area contributed by atoms with Crippen LogP contribution in [0.5, 0.6) is 17.2 Å². The lowest BCUT2D eigenvalue weighted by molar-refractivity contribution is 0.00821. The first-order chi connectivity index (χ1) is 25.4. The van der Waals surface area contributed by atoms with Gasteiger partial charge in [-0.2, -0.15) is 5.26 Å². The fraction of sp³-hybridized carbons (Fsp3) is 0.167. The molecule has 0 bridgehead atoms. The van der Waals surface area contributed by atoms with E-state index in [9.17, 15) is 14.0 Å². The average molecular weight is 698 g/mol. The first kappa shape index (κ1) is 34.3. The molecule has 8 rings (SSSR count). The van der Waals surface area contributed by atoms with Crippen molar-refractivity contribution in [1.29, 1.82) is 5.26 Å². The lowest BCUT2D eigenvalue weighted by Gasteiger charge is -2.08. The smallest absolute Gasteiger partial charge is 0.343 e. The number of hydrogen-bond acceptors (Lipinski definition) is 9. The predicted octanol–water partition coefficient (Wildman–Crippen LogP) is 7.82. The molecule has 0 amide bonds.